The number of hydrogen-bond acceptors (Lipinski definition) is 6. The molecule has 1 aromatic heterocycles. The van der Waals surface area contributed by atoms with Crippen LogP contribution in [0.15, 0.2) is 84.4 Å². The van der Waals surface area contributed by atoms with E-state index >= 15 is 0 Å². The molecule has 0 aliphatic rings. The maximum Gasteiger partial charge on any atom is 0.274 e. The van der Waals surface area contributed by atoms with Gasteiger partial charge in [0.1, 0.15) is 5.75 Å². The van der Waals surface area contributed by atoms with E-state index in [1.165, 1.54) is 11.1 Å². The van der Waals surface area contributed by atoms with Gasteiger partial charge in [0.25, 0.3) is 5.91 Å². The molecule has 0 spiro atoms. The van der Waals surface area contributed by atoms with E-state index in [4.69, 9.17) is 14.9 Å². The number of carbonyl (C=O) groups is 1. The Hall–Kier alpha value is -4.20. The highest BCUT2D eigenvalue weighted by molar-refractivity contribution is 7.22. The highest BCUT2D eigenvalue weighted by atomic mass is 32.1. The molecule has 0 saturated carbocycles. The van der Waals surface area contributed by atoms with Crippen LogP contribution < -0.4 is 15.5 Å². The molecule has 0 saturated heterocycles. The Balaban J connectivity index is 1.34. The molecule has 5 aromatic rings. The third-order valence-electron chi connectivity index (χ3n) is 6.55. The molecule has 0 aliphatic carbocycles. The predicted octanol–water partition coefficient (Wildman–Crippen LogP) is 7.15. The van der Waals surface area contributed by atoms with Crippen LogP contribution in [0.25, 0.3) is 27.1 Å². The summed E-state index contributed by atoms with van der Waals surface area (Å²) in [5, 5.41) is 15.5. The van der Waals surface area contributed by atoms with Crippen LogP contribution in [0.4, 0.5) is 5.13 Å². The number of nitrogens with one attached hydrogen (secondary N) is 2. The van der Waals surface area contributed by atoms with Crippen molar-refractivity contribution in [3.63, 3.8) is 0 Å². The van der Waals surface area contributed by atoms with Gasteiger partial charge in [-0.15, -0.1) is 0 Å². The van der Waals surface area contributed by atoms with Crippen LogP contribution in [-0.4, -0.2) is 29.3 Å². The van der Waals surface area contributed by atoms with E-state index in [-0.39, 0.29) is 0 Å². The maximum atomic E-state index is 11.7. The fraction of sp³-hybridized carbons (Fsp3) is 0.161. The predicted molar refractivity (Wildman–Crippen MR) is 155 cm³/mol. The van der Waals surface area contributed by atoms with Crippen LogP contribution in [0.2, 0.25) is 0 Å². The summed E-state index contributed by atoms with van der Waals surface area (Å²) in [6.45, 7) is 5.35. The van der Waals surface area contributed by atoms with Crippen molar-refractivity contribution in [3.8, 4) is 5.75 Å². The summed E-state index contributed by atoms with van der Waals surface area (Å²) in [7, 11) is 0. The molecular formula is C31H29N3O3S. The third-order valence-corrected chi connectivity index (χ3v) is 7.52. The fourth-order valence-corrected chi connectivity index (χ4v) is 5.24. The lowest BCUT2D eigenvalue weighted by atomic mass is 10.1. The number of aromatic nitrogens is 1. The molecule has 7 heteroatoms. The standard InChI is InChI=1S/C31H29N3O3S/c1-20-16-27-29(17-21(20)2)38-31(33-27)32-19-23(18-22-10-12-25(13-11-22)30(35)34-36)14-15-37-28-9-5-7-24-6-3-4-8-26(24)28/h3-13,16-18,36H,14-15,19H2,1-2H3,(H,32,33)(H,34,35)/b23-18-. The number of hydroxylamine groups is 1. The van der Waals surface area contributed by atoms with Gasteiger partial charge in [-0.3, -0.25) is 10.0 Å². The second-order valence-electron chi connectivity index (χ2n) is 9.22. The quantitative estimate of drug-likeness (QED) is 0.141. The normalized spacial score (nSPS) is 11.6. The van der Waals surface area contributed by atoms with E-state index in [2.05, 4.69) is 55.6 Å². The average molecular weight is 524 g/mol. The number of amides is 1. The molecule has 5 rings (SSSR count). The van der Waals surface area contributed by atoms with Gasteiger partial charge in [-0.1, -0.05) is 65.9 Å². The molecule has 0 atom stereocenters. The zero-order valence-corrected chi connectivity index (χ0v) is 22.1. The zero-order chi connectivity index (χ0) is 26.5. The number of nitrogens with zero attached hydrogens (tertiary/aromatic N) is 1. The van der Waals surface area contributed by atoms with E-state index < -0.39 is 5.91 Å². The minimum atomic E-state index is -0.535. The Labute approximate surface area is 225 Å². The van der Waals surface area contributed by atoms with Crippen molar-refractivity contribution in [2.45, 2.75) is 20.3 Å². The molecule has 0 aliphatic heterocycles. The van der Waals surface area contributed by atoms with Crippen LogP contribution in [0, 0.1) is 13.8 Å². The minimum absolute atomic E-state index is 0.392. The molecule has 4 aromatic carbocycles. The molecule has 1 amide bonds. The first kappa shape index (κ1) is 25.4. The van der Waals surface area contributed by atoms with Gasteiger partial charge in [0.15, 0.2) is 5.13 Å². The molecule has 38 heavy (non-hydrogen) atoms. The summed E-state index contributed by atoms with van der Waals surface area (Å²) in [5.41, 5.74) is 7.65. The van der Waals surface area contributed by atoms with Gasteiger partial charge in [-0.25, -0.2) is 10.5 Å². The summed E-state index contributed by atoms with van der Waals surface area (Å²) >= 11 is 1.65. The van der Waals surface area contributed by atoms with Crippen LogP contribution in [0.1, 0.15) is 33.5 Å². The zero-order valence-electron chi connectivity index (χ0n) is 21.3. The first-order chi connectivity index (χ1) is 18.5. The molecule has 3 N–H and O–H groups in total. The maximum absolute atomic E-state index is 11.7. The molecule has 192 valence electrons. The Bertz CT molecular complexity index is 1580. The van der Waals surface area contributed by atoms with E-state index in [0.717, 1.165) is 43.0 Å². The number of aryl methyl sites for hydroxylation is 2. The Morgan fingerprint density at radius 1 is 1.00 bits per heavy atom. The lowest BCUT2D eigenvalue weighted by molar-refractivity contribution is 0.0706. The van der Waals surface area contributed by atoms with Crippen molar-refractivity contribution in [2.75, 3.05) is 18.5 Å². The van der Waals surface area contributed by atoms with E-state index in [0.29, 0.717) is 25.1 Å². The van der Waals surface area contributed by atoms with Crippen molar-refractivity contribution in [1.29, 1.82) is 0 Å². The Kier molecular flexibility index (Phi) is 7.67. The molecule has 1 heterocycles. The van der Waals surface area contributed by atoms with Gasteiger partial charge in [0.05, 0.1) is 16.8 Å². The second kappa shape index (κ2) is 11.5. The van der Waals surface area contributed by atoms with Crippen molar-refractivity contribution in [1.82, 2.24) is 10.5 Å². The van der Waals surface area contributed by atoms with Gasteiger partial charge in [0, 0.05) is 23.9 Å². The van der Waals surface area contributed by atoms with Crippen molar-refractivity contribution >= 4 is 49.4 Å². The van der Waals surface area contributed by atoms with E-state index in [1.807, 2.05) is 36.4 Å². The lowest BCUT2D eigenvalue weighted by Gasteiger charge is -2.12. The van der Waals surface area contributed by atoms with Crippen LogP contribution >= 0.6 is 11.3 Å². The number of benzene rings is 4. The molecule has 0 fully saturated rings. The monoisotopic (exact) mass is 523 g/mol. The third kappa shape index (κ3) is 5.85. The topological polar surface area (TPSA) is 83.5 Å². The second-order valence-corrected chi connectivity index (χ2v) is 10.2. The molecule has 6 nitrogen and oxygen atoms in total. The van der Waals surface area contributed by atoms with E-state index in [1.54, 1.807) is 28.9 Å². The van der Waals surface area contributed by atoms with Gasteiger partial charge in [-0.2, -0.15) is 0 Å². The molecule has 0 unspecified atom stereocenters. The summed E-state index contributed by atoms with van der Waals surface area (Å²) in [6.07, 6.45) is 2.81. The largest absolute Gasteiger partial charge is 0.493 e. The van der Waals surface area contributed by atoms with E-state index in [9.17, 15) is 4.79 Å². The summed E-state index contributed by atoms with van der Waals surface area (Å²) < 4.78 is 7.38. The van der Waals surface area contributed by atoms with Crippen molar-refractivity contribution < 1.29 is 14.7 Å². The van der Waals surface area contributed by atoms with Gasteiger partial charge in [-0.05, 0) is 71.8 Å². The van der Waals surface area contributed by atoms with Gasteiger partial charge in [0.2, 0.25) is 0 Å². The number of anilines is 1. The summed E-state index contributed by atoms with van der Waals surface area (Å²) in [4.78, 5) is 16.5. The first-order valence-electron chi connectivity index (χ1n) is 12.5. The smallest absolute Gasteiger partial charge is 0.274 e. The van der Waals surface area contributed by atoms with Crippen LogP contribution in [0.5, 0.6) is 5.75 Å². The molecular weight excluding hydrogens is 494 g/mol. The van der Waals surface area contributed by atoms with Gasteiger partial charge >= 0.3 is 0 Å². The first-order valence-corrected chi connectivity index (χ1v) is 13.3. The molecule has 0 radical (unpaired) electrons. The fourth-order valence-electron chi connectivity index (χ4n) is 4.30. The number of fused-ring (bicyclic) bond motifs is 2. The number of carbonyl (C=O) groups excluding carboxylic acids is 1. The van der Waals surface area contributed by atoms with Gasteiger partial charge < -0.3 is 10.1 Å². The Morgan fingerprint density at radius 3 is 2.58 bits per heavy atom. The highest BCUT2D eigenvalue weighted by Crippen LogP contribution is 2.29. The number of hydrogen-bond donors (Lipinski definition) is 3. The lowest BCUT2D eigenvalue weighted by Crippen LogP contribution is -2.18. The number of thiazole rings is 1. The van der Waals surface area contributed by atoms with Crippen LogP contribution in [0.3, 0.4) is 0 Å². The van der Waals surface area contributed by atoms with Crippen molar-refractivity contribution in [2.24, 2.45) is 0 Å². The molecule has 0 bridgehead atoms. The number of rotatable bonds is 9. The summed E-state index contributed by atoms with van der Waals surface area (Å²) in [5.74, 6) is 0.332. The number of ether oxygens (including phenoxy) is 1. The van der Waals surface area contributed by atoms with Crippen molar-refractivity contribution in [3.05, 3.63) is 107 Å². The summed E-state index contributed by atoms with van der Waals surface area (Å²) in [6, 6.07) is 25.7. The van der Waals surface area contributed by atoms with Crippen LogP contribution in [-0.2, 0) is 0 Å². The highest BCUT2D eigenvalue weighted by Gasteiger charge is 2.09. The SMILES string of the molecule is Cc1cc2nc(NC/C(=C\c3ccc(C(=O)NO)cc3)CCOc3cccc4ccccc34)sc2cc1C. The Morgan fingerprint density at radius 2 is 1.76 bits per heavy atom. The average Bonchev–Trinajstić information content (AvgIpc) is 3.33. The minimum Gasteiger partial charge on any atom is -0.493 e.